The van der Waals surface area contributed by atoms with Gasteiger partial charge in [0.2, 0.25) is 0 Å². The molecule has 2 saturated carbocycles. The van der Waals surface area contributed by atoms with Gasteiger partial charge in [-0.05, 0) is 55.2 Å². The number of hydrogen-bond acceptors (Lipinski definition) is 4. The maximum atomic E-state index is 11.7. The molecule has 5 nitrogen and oxygen atoms in total. The van der Waals surface area contributed by atoms with Crippen molar-refractivity contribution in [3.63, 3.8) is 0 Å². The molecule has 1 aromatic rings. The molecule has 0 bridgehead atoms. The minimum absolute atomic E-state index is 0.0371. The Hall–Kier alpha value is -1.46. The molecule has 2 aliphatic carbocycles. The summed E-state index contributed by atoms with van der Waals surface area (Å²) >= 11 is 0. The second-order valence-electron chi connectivity index (χ2n) is 8.02. The van der Waals surface area contributed by atoms with Crippen LogP contribution in [0, 0.1) is 11.8 Å². The summed E-state index contributed by atoms with van der Waals surface area (Å²) in [4.78, 5) is 16.0. The van der Waals surface area contributed by atoms with Gasteiger partial charge in [-0.25, -0.2) is 4.79 Å². The molecule has 0 aromatic carbocycles. The summed E-state index contributed by atoms with van der Waals surface area (Å²) in [5.41, 5.74) is 5.89. The van der Waals surface area contributed by atoms with Gasteiger partial charge >= 0.3 is 5.97 Å². The standard InChI is InChI=1S/C20H30N2O3/c21-18(9-8-15-6-7-15)20(25,19(23)24)13-17-12-16(10-11-22-17)3-1-2-14-4-5-14/h10-12,14-15,18,25H,1-9,13,21H2,(H,23,24)/t18-,20+/m0/s1. The molecule has 4 N–H and O–H groups in total. The number of aromatic nitrogens is 1. The SMILES string of the molecule is N[C@@H](CCC1CC1)[C@](O)(Cc1cc(CCCC2CC2)ccn1)C(=O)O. The highest BCUT2D eigenvalue weighted by Gasteiger charge is 2.43. The highest BCUT2D eigenvalue weighted by molar-refractivity contribution is 5.78. The first-order valence-electron chi connectivity index (χ1n) is 9.62. The number of aliphatic carboxylic acids is 1. The highest BCUT2D eigenvalue weighted by Crippen LogP contribution is 2.35. The van der Waals surface area contributed by atoms with Crippen LogP contribution >= 0.6 is 0 Å². The lowest BCUT2D eigenvalue weighted by Gasteiger charge is -2.29. The molecule has 0 amide bonds. The summed E-state index contributed by atoms with van der Waals surface area (Å²) in [5, 5.41) is 20.3. The lowest BCUT2D eigenvalue weighted by atomic mass is 9.86. The number of nitrogens with two attached hydrogens (primary N) is 1. The first kappa shape index (κ1) is 18.3. The summed E-state index contributed by atoms with van der Waals surface area (Å²) in [7, 11) is 0. The largest absolute Gasteiger partial charge is 0.479 e. The molecule has 1 aromatic heterocycles. The number of aryl methyl sites for hydroxylation is 1. The van der Waals surface area contributed by atoms with Crippen molar-refractivity contribution < 1.29 is 15.0 Å². The second kappa shape index (κ2) is 7.83. The van der Waals surface area contributed by atoms with Gasteiger partial charge in [0.25, 0.3) is 0 Å². The van der Waals surface area contributed by atoms with Gasteiger partial charge in [-0.1, -0.05) is 32.1 Å². The van der Waals surface area contributed by atoms with E-state index >= 15 is 0 Å². The zero-order chi connectivity index (χ0) is 17.9. The number of rotatable bonds is 11. The molecule has 0 spiro atoms. The molecule has 1 heterocycles. The Morgan fingerprint density at radius 3 is 2.60 bits per heavy atom. The maximum Gasteiger partial charge on any atom is 0.337 e. The van der Waals surface area contributed by atoms with E-state index in [1.165, 1.54) is 32.1 Å². The molecule has 25 heavy (non-hydrogen) atoms. The van der Waals surface area contributed by atoms with Crippen molar-refractivity contribution in [3.05, 3.63) is 29.6 Å². The number of hydrogen-bond donors (Lipinski definition) is 3. The maximum absolute atomic E-state index is 11.7. The van der Waals surface area contributed by atoms with Crippen molar-refractivity contribution in [2.24, 2.45) is 17.6 Å². The van der Waals surface area contributed by atoms with E-state index in [0.29, 0.717) is 18.0 Å². The molecular weight excluding hydrogens is 316 g/mol. The molecule has 3 rings (SSSR count). The topological polar surface area (TPSA) is 96.4 Å². The lowest BCUT2D eigenvalue weighted by molar-refractivity contribution is -0.161. The Labute approximate surface area is 149 Å². The Morgan fingerprint density at radius 1 is 1.28 bits per heavy atom. The molecular formula is C20H30N2O3. The molecule has 2 fully saturated rings. The van der Waals surface area contributed by atoms with Crippen molar-refractivity contribution in [2.75, 3.05) is 0 Å². The molecule has 0 saturated heterocycles. The predicted octanol–water partition coefficient (Wildman–Crippen LogP) is 2.69. The van der Waals surface area contributed by atoms with Gasteiger partial charge in [0.15, 0.2) is 5.60 Å². The molecule has 0 aliphatic heterocycles. The minimum Gasteiger partial charge on any atom is -0.479 e. The first-order chi connectivity index (χ1) is 12.0. The van der Waals surface area contributed by atoms with Gasteiger partial charge in [-0.15, -0.1) is 0 Å². The first-order valence-corrected chi connectivity index (χ1v) is 9.62. The van der Waals surface area contributed by atoms with Gasteiger partial charge in [0.05, 0.1) is 0 Å². The van der Waals surface area contributed by atoms with Crippen LogP contribution in [0.1, 0.15) is 62.6 Å². The van der Waals surface area contributed by atoms with Crippen molar-refractivity contribution in [1.29, 1.82) is 0 Å². The van der Waals surface area contributed by atoms with Gasteiger partial charge in [-0.2, -0.15) is 0 Å². The van der Waals surface area contributed by atoms with Gasteiger partial charge in [-0.3, -0.25) is 4.98 Å². The number of pyridine rings is 1. The number of carboxylic acid groups (broad SMARTS) is 1. The van der Waals surface area contributed by atoms with E-state index in [0.717, 1.165) is 30.7 Å². The van der Waals surface area contributed by atoms with Crippen LogP contribution in [-0.4, -0.2) is 32.8 Å². The molecule has 0 radical (unpaired) electrons. The summed E-state index contributed by atoms with van der Waals surface area (Å²) in [5.74, 6) is 0.330. The van der Waals surface area contributed by atoms with Crippen molar-refractivity contribution in [1.82, 2.24) is 4.98 Å². The third-order valence-electron chi connectivity index (χ3n) is 5.67. The smallest absolute Gasteiger partial charge is 0.337 e. The van der Waals surface area contributed by atoms with E-state index in [-0.39, 0.29) is 6.42 Å². The number of aliphatic hydroxyl groups is 1. The van der Waals surface area contributed by atoms with Crippen LogP contribution in [0.2, 0.25) is 0 Å². The van der Waals surface area contributed by atoms with E-state index in [1.807, 2.05) is 12.1 Å². The monoisotopic (exact) mass is 346 g/mol. The van der Waals surface area contributed by atoms with Gasteiger partial charge < -0.3 is 15.9 Å². The second-order valence-corrected chi connectivity index (χ2v) is 8.02. The van der Waals surface area contributed by atoms with E-state index < -0.39 is 17.6 Å². The summed E-state index contributed by atoms with van der Waals surface area (Å²) in [6, 6.07) is 3.13. The molecule has 2 atom stereocenters. The van der Waals surface area contributed by atoms with Crippen molar-refractivity contribution in [3.8, 4) is 0 Å². The van der Waals surface area contributed by atoms with Crippen molar-refractivity contribution >= 4 is 5.97 Å². The summed E-state index contributed by atoms with van der Waals surface area (Å²) < 4.78 is 0. The quantitative estimate of drug-likeness (QED) is 0.572. The third kappa shape index (κ3) is 5.25. The zero-order valence-electron chi connectivity index (χ0n) is 14.9. The minimum atomic E-state index is -1.95. The Kier molecular flexibility index (Phi) is 5.74. The Bertz CT molecular complexity index is 598. The molecule has 138 valence electrons. The average Bonchev–Trinajstić information content (AvgIpc) is 3.47. The number of carbonyl (C=O) groups is 1. The number of carboxylic acids is 1. The molecule has 0 unspecified atom stereocenters. The van der Waals surface area contributed by atoms with Crippen LogP contribution in [0.5, 0.6) is 0 Å². The van der Waals surface area contributed by atoms with E-state index in [2.05, 4.69) is 4.98 Å². The molecule has 5 heteroatoms. The Morgan fingerprint density at radius 2 is 1.96 bits per heavy atom. The van der Waals surface area contributed by atoms with Crippen LogP contribution in [-0.2, 0) is 17.6 Å². The fraction of sp³-hybridized carbons (Fsp3) is 0.700. The van der Waals surface area contributed by atoms with E-state index in [4.69, 9.17) is 5.73 Å². The average molecular weight is 346 g/mol. The number of nitrogens with zero attached hydrogens (tertiary/aromatic N) is 1. The van der Waals surface area contributed by atoms with Gasteiger partial charge in [0.1, 0.15) is 0 Å². The van der Waals surface area contributed by atoms with Crippen LogP contribution in [0.25, 0.3) is 0 Å². The van der Waals surface area contributed by atoms with Crippen LogP contribution in [0.15, 0.2) is 18.3 Å². The highest BCUT2D eigenvalue weighted by atomic mass is 16.4. The predicted molar refractivity (Wildman–Crippen MR) is 96.1 cm³/mol. The lowest BCUT2D eigenvalue weighted by Crippen LogP contribution is -2.55. The Balaban J connectivity index is 1.60. The fourth-order valence-electron chi connectivity index (χ4n) is 3.48. The summed E-state index contributed by atoms with van der Waals surface area (Å²) in [6.07, 6.45) is 11.6. The summed E-state index contributed by atoms with van der Waals surface area (Å²) in [6.45, 7) is 0. The fourth-order valence-corrected chi connectivity index (χ4v) is 3.48. The third-order valence-corrected chi connectivity index (χ3v) is 5.67. The van der Waals surface area contributed by atoms with Gasteiger partial charge in [0, 0.05) is 24.4 Å². The van der Waals surface area contributed by atoms with Crippen LogP contribution in [0.4, 0.5) is 0 Å². The zero-order valence-corrected chi connectivity index (χ0v) is 14.9. The normalized spacial score (nSPS) is 20.9. The van der Waals surface area contributed by atoms with Crippen molar-refractivity contribution in [2.45, 2.75) is 75.9 Å². The van der Waals surface area contributed by atoms with Crippen LogP contribution in [0.3, 0.4) is 0 Å². The van der Waals surface area contributed by atoms with Crippen LogP contribution < -0.4 is 5.73 Å². The molecule has 2 aliphatic rings. The van der Waals surface area contributed by atoms with E-state index in [1.54, 1.807) is 6.20 Å². The van der Waals surface area contributed by atoms with E-state index in [9.17, 15) is 15.0 Å².